The fourth-order valence-corrected chi connectivity index (χ4v) is 3.34. The van der Waals surface area contributed by atoms with Crippen molar-refractivity contribution in [2.45, 2.75) is 63.3 Å². The van der Waals surface area contributed by atoms with E-state index in [1.807, 2.05) is 0 Å². The van der Waals surface area contributed by atoms with Crippen LogP contribution in [0.5, 0.6) is 0 Å². The molecule has 4 nitrogen and oxygen atoms in total. The van der Waals surface area contributed by atoms with Crippen molar-refractivity contribution in [3.05, 3.63) is 0 Å². The Kier molecular flexibility index (Phi) is 3.87. The summed E-state index contributed by atoms with van der Waals surface area (Å²) in [5.74, 6) is 0.670. The van der Waals surface area contributed by atoms with Crippen LogP contribution >= 0.6 is 0 Å². The predicted molar refractivity (Wildman–Crippen MR) is 75.1 cm³/mol. The summed E-state index contributed by atoms with van der Waals surface area (Å²) < 4.78 is 5.71. The van der Waals surface area contributed by atoms with Crippen LogP contribution in [0.2, 0.25) is 0 Å². The van der Waals surface area contributed by atoms with Gasteiger partial charge in [-0.05, 0) is 45.4 Å². The molecule has 0 aromatic rings. The van der Waals surface area contributed by atoms with Crippen molar-refractivity contribution in [2.75, 3.05) is 26.3 Å². The number of hydrogen-bond acceptors (Lipinski definition) is 4. The zero-order chi connectivity index (χ0) is 13.5. The lowest BCUT2D eigenvalue weighted by atomic mass is 9.92. The third kappa shape index (κ3) is 3.13. The molecule has 3 rings (SSSR count). The zero-order valence-electron chi connectivity index (χ0n) is 12.3. The summed E-state index contributed by atoms with van der Waals surface area (Å²) in [5.41, 5.74) is -0.0630. The smallest absolute Gasteiger partial charge is 0.0674 e. The topological polar surface area (TPSA) is 44.7 Å². The van der Waals surface area contributed by atoms with Crippen molar-refractivity contribution in [1.29, 1.82) is 0 Å². The van der Waals surface area contributed by atoms with Gasteiger partial charge in [0.15, 0.2) is 0 Å². The normalized spacial score (nSPS) is 36.2. The maximum absolute atomic E-state index is 10.0. The minimum atomic E-state index is -0.0630. The molecule has 3 fully saturated rings. The number of aliphatic hydroxyl groups excluding tert-OH is 1. The summed E-state index contributed by atoms with van der Waals surface area (Å²) in [6.45, 7) is 7.42. The first kappa shape index (κ1) is 13.8. The van der Waals surface area contributed by atoms with Crippen LogP contribution in [-0.2, 0) is 4.74 Å². The average Bonchev–Trinajstić information content (AvgIpc) is 3.25. The van der Waals surface area contributed by atoms with Crippen molar-refractivity contribution in [3.63, 3.8) is 0 Å². The van der Waals surface area contributed by atoms with Crippen LogP contribution in [0.25, 0.3) is 0 Å². The Balaban J connectivity index is 1.68. The number of hydrogen-bond donors (Lipinski definition) is 2. The van der Waals surface area contributed by atoms with E-state index < -0.39 is 0 Å². The van der Waals surface area contributed by atoms with Gasteiger partial charge in [-0.1, -0.05) is 0 Å². The van der Waals surface area contributed by atoms with Crippen molar-refractivity contribution < 1.29 is 9.84 Å². The van der Waals surface area contributed by atoms with Gasteiger partial charge in [0.1, 0.15) is 0 Å². The predicted octanol–water partition coefficient (Wildman–Crippen LogP) is 0.989. The number of ether oxygens (including phenoxy) is 1. The lowest BCUT2D eigenvalue weighted by Crippen LogP contribution is -2.62. The number of morpholine rings is 1. The molecule has 4 heteroatoms. The zero-order valence-corrected chi connectivity index (χ0v) is 12.3. The second kappa shape index (κ2) is 5.32. The van der Waals surface area contributed by atoms with E-state index in [2.05, 4.69) is 24.1 Å². The van der Waals surface area contributed by atoms with E-state index >= 15 is 0 Å². The Labute approximate surface area is 116 Å². The Hall–Kier alpha value is -0.160. The first-order chi connectivity index (χ1) is 9.13. The van der Waals surface area contributed by atoms with Gasteiger partial charge in [0.25, 0.3) is 0 Å². The van der Waals surface area contributed by atoms with E-state index in [4.69, 9.17) is 4.74 Å². The van der Waals surface area contributed by atoms with Crippen LogP contribution in [0, 0.1) is 5.92 Å². The largest absolute Gasteiger partial charge is 0.394 e. The van der Waals surface area contributed by atoms with E-state index in [9.17, 15) is 5.11 Å². The summed E-state index contributed by atoms with van der Waals surface area (Å²) in [5, 5.41) is 13.8. The average molecular weight is 268 g/mol. The molecule has 0 aromatic heterocycles. The number of nitrogens with zero attached hydrogens (tertiary/aromatic N) is 1. The van der Waals surface area contributed by atoms with Gasteiger partial charge >= 0.3 is 0 Å². The quantitative estimate of drug-likeness (QED) is 0.754. The Morgan fingerprint density at radius 1 is 1.26 bits per heavy atom. The number of rotatable bonds is 6. The summed E-state index contributed by atoms with van der Waals surface area (Å²) >= 11 is 0. The highest BCUT2D eigenvalue weighted by molar-refractivity contribution is 5.06. The third-order valence-electron chi connectivity index (χ3n) is 4.93. The molecule has 3 aliphatic rings. The molecule has 0 aromatic carbocycles. The highest BCUT2D eigenvalue weighted by Gasteiger charge is 2.48. The fraction of sp³-hybridized carbons (Fsp3) is 1.00. The maximum atomic E-state index is 10.0. The first-order valence-electron chi connectivity index (χ1n) is 7.87. The molecule has 3 unspecified atom stereocenters. The number of aliphatic hydroxyl groups is 1. The highest BCUT2D eigenvalue weighted by atomic mass is 16.5. The van der Waals surface area contributed by atoms with Gasteiger partial charge in [-0.3, -0.25) is 4.90 Å². The van der Waals surface area contributed by atoms with Crippen molar-refractivity contribution >= 4 is 0 Å². The van der Waals surface area contributed by atoms with Crippen LogP contribution < -0.4 is 5.32 Å². The van der Waals surface area contributed by atoms with Gasteiger partial charge in [0.05, 0.1) is 24.9 Å². The molecule has 0 amide bonds. The molecular formula is C15H28N2O2. The van der Waals surface area contributed by atoms with Crippen LogP contribution in [0.4, 0.5) is 0 Å². The molecule has 1 heterocycles. The van der Waals surface area contributed by atoms with Crippen LogP contribution in [0.1, 0.15) is 39.5 Å². The Morgan fingerprint density at radius 3 is 2.58 bits per heavy atom. The van der Waals surface area contributed by atoms with Gasteiger partial charge in [-0.15, -0.1) is 0 Å². The van der Waals surface area contributed by atoms with E-state index in [-0.39, 0.29) is 12.1 Å². The van der Waals surface area contributed by atoms with Gasteiger partial charge < -0.3 is 15.2 Å². The second-order valence-corrected chi connectivity index (χ2v) is 6.93. The first-order valence-corrected chi connectivity index (χ1v) is 7.87. The van der Waals surface area contributed by atoms with Gasteiger partial charge in [0, 0.05) is 25.2 Å². The summed E-state index contributed by atoms with van der Waals surface area (Å²) in [7, 11) is 0. The fourth-order valence-electron chi connectivity index (χ4n) is 3.34. The van der Waals surface area contributed by atoms with Crippen molar-refractivity contribution in [2.24, 2.45) is 5.92 Å². The van der Waals surface area contributed by atoms with Crippen LogP contribution in [-0.4, -0.2) is 60.0 Å². The molecule has 19 heavy (non-hydrogen) atoms. The second-order valence-electron chi connectivity index (χ2n) is 6.93. The van der Waals surface area contributed by atoms with Crippen LogP contribution in [0.15, 0.2) is 0 Å². The maximum Gasteiger partial charge on any atom is 0.0674 e. The summed E-state index contributed by atoms with van der Waals surface area (Å²) in [4.78, 5) is 2.51. The molecule has 2 saturated carbocycles. The number of nitrogens with one attached hydrogen (secondary N) is 1. The SMILES string of the molecule is CC1CN(CC(CO)(NC2CC2)C2CC2)C(C)CO1. The Bertz CT molecular complexity index is 317. The van der Waals surface area contributed by atoms with Gasteiger partial charge in [0.2, 0.25) is 0 Å². The van der Waals surface area contributed by atoms with E-state index in [0.717, 1.165) is 19.7 Å². The molecule has 1 saturated heterocycles. The third-order valence-corrected chi connectivity index (χ3v) is 4.93. The highest BCUT2D eigenvalue weighted by Crippen LogP contribution is 2.42. The van der Waals surface area contributed by atoms with E-state index in [0.29, 0.717) is 24.1 Å². The van der Waals surface area contributed by atoms with Crippen molar-refractivity contribution in [1.82, 2.24) is 10.2 Å². The molecule has 3 atom stereocenters. The molecule has 2 N–H and O–H groups in total. The molecule has 1 aliphatic heterocycles. The molecule has 110 valence electrons. The minimum Gasteiger partial charge on any atom is -0.394 e. The summed E-state index contributed by atoms with van der Waals surface area (Å²) in [6.07, 6.45) is 5.42. The van der Waals surface area contributed by atoms with Gasteiger partial charge in [-0.25, -0.2) is 0 Å². The molecular weight excluding hydrogens is 240 g/mol. The Morgan fingerprint density at radius 2 is 2.00 bits per heavy atom. The van der Waals surface area contributed by atoms with Crippen LogP contribution in [0.3, 0.4) is 0 Å². The molecule has 0 bridgehead atoms. The minimum absolute atomic E-state index is 0.0630. The molecule has 2 aliphatic carbocycles. The lowest BCUT2D eigenvalue weighted by Gasteiger charge is -2.44. The molecule has 0 radical (unpaired) electrons. The summed E-state index contributed by atoms with van der Waals surface area (Å²) in [6, 6.07) is 1.11. The van der Waals surface area contributed by atoms with Crippen molar-refractivity contribution in [3.8, 4) is 0 Å². The van der Waals surface area contributed by atoms with Gasteiger partial charge in [-0.2, -0.15) is 0 Å². The van der Waals surface area contributed by atoms with E-state index in [1.54, 1.807) is 0 Å². The monoisotopic (exact) mass is 268 g/mol. The van der Waals surface area contributed by atoms with E-state index in [1.165, 1.54) is 25.7 Å². The molecule has 0 spiro atoms. The standard InChI is InChI=1S/C15H28N2O2/c1-11-8-19-12(2)7-17(11)9-15(10-18,13-3-4-13)16-14-5-6-14/h11-14,16,18H,3-10H2,1-2H3. The lowest BCUT2D eigenvalue weighted by molar-refractivity contribution is -0.0643.